The summed E-state index contributed by atoms with van der Waals surface area (Å²) >= 11 is 0. The highest BCUT2D eigenvalue weighted by Crippen LogP contribution is 2.30. The van der Waals surface area contributed by atoms with Crippen molar-refractivity contribution in [1.82, 2.24) is 4.98 Å². The van der Waals surface area contributed by atoms with Crippen LogP contribution >= 0.6 is 0 Å². The third-order valence-corrected chi connectivity index (χ3v) is 2.54. The average Bonchev–Trinajstić information content (AvgIpc) is 2.73. The van der Waals surface area contributed by atoms with Crippen LogP contribution in [0.2, 0.25) is 0 Å². The van der Waals surface area contributed by atoms with Gasteiger partial charge >= 0.3 is 5.97 Å². The minimum absolute atomic E-state index is 0.190. The van der Waals surface area contributed by atoms with Gasteiger partial charge in [0.05, 0.1) is 12.7 Å². The van der Waals surface area contributed by atoms with Crippen molar-refractivity contribution in [2.45, 2.75) is 25.6 Å². The average molecular weight is 235 g/mol. The molecule has 2 atom stereocenters. The molecule has 90 valence electrons. The highest BCUT2D eigenvalue weighted by molar-refractivity contribution is 6.03. The lowest BCUT2D eigenvalue weighted by molar-refractivity contribution is -0.158. The van der Waals surface area contributed by atoms with Crippen molar-refractivity contribution in [2.75, 3.05) is 6.61 Å². The van der Waals surface area contributed by atoms with Gasteiger partial charge in [-0.1, -0.05) is 6.07 Å². The molecule has 1 aromatic rings. The summed E-state index contributed by atoms with van der Waals surface area (Å²) in [5, 5.41) is 0. The summed E-state index contributed by atoms with van der Waals surface area (Å²) in [4.78, 5) is 27.0. The van der Waals surface area contributed by atoms with Crippen LogP contribution in [0.4, 0.5) is 0 Å². The van der Waals surface area contributed by atoms with E-state index < -0.39 is 18.2 Å². The molecule has 17 heavy (non-hydrogen) atoms. The summed E-state index contributed by atoms with van der Waals surface area (Å²) in [7, 11) is 0. The molecular formula is C12H13NO4. The van der Waals surface area contributed by atoms with Crippen LogP contribution in [0.5, 0.6) is 0 Å². The van der Waals surface area contributed by atoms with Crippen LogP contribution in [-0.2, 0) is 19.1 Å². The van der Waals surface area contributed by atoms with Gasteiger partial charge < -0.3 is 9.47 Å². The Labute approximate surface area is 98.7 Å². The topological polar surface area (TPSA) is 65.5 Å². The Morgan fingerprint density at radius 3 is 3.12 bits per heavy atom. The third kappa shape index (κ3) is 2.50. The van der Waals surface area contributed by atoms with Gasteiger partial charge in [0.2, 0.25) is 6.10 Å². The minimum atomic E-state index is -1.08. The van der Waals surface area contributed by atoms with Crippen molar-refractivity contribution < 1.29 is 19.1 Å². The molecule has 0 spiro atoms. The molecule has 1 saturated heterocycles. The van der Waals surface area contributed by atoms with Crippen LogP contribution in [0.3, 0.4) is 0 Å². The maximum atomic E-state index is 11.6. The fourth-order valence-electron chi connectivity index (χ4n) is 1.75. The first-order valence-corrected chi connectivity index (χ1v) is 5.47. The highest BCUT2D eigenvalue weighted by Gasteiger charge is 2.40. The molecule has 0 N–H and O–H groups in total. The number of carbonyl (C=O) groups excluding carboxylic acids is 2. The molecular weight excluding hydrogens is 222 g/mol. The van der Waals surface area contributed by atoms with Crippen molar-refractivity contribution in [3.8, 4) is 0 Å². The van der Waals surface area contributed by atoms with Crippen LogP contribution in [0.25, 0.3) is 0 Å². The molecule has 0 radical (unpaired) electrons. The van der Waals surface area contributed by atoms with Gasteiger partial charge in [-0.2, -0.15) is 0 Å². The predicted octanol–water partition coefficient (Wildman–Crippen LogP) is 1.04. The monoisotopic (exact) mass is 235 g/mol. The van der Waals surface area contributed by atoms with Crippen LogP contribution in [-0.4, -0.2) is 29.4 Å². The van der Waals surface area contributed by atoms with Crippen LogP contribution in [0, 0.1) is 0 Å². The smallest absolute Gasteiger partial charge is 0.343 e. The Hall–Kier alpha value is -1.75. The number of ketones is 1. The van der Waals surface area contributed by atoms with Gasteiger partial charge in [0, 0.05) is 18.8 Å². The maximum Gasteiger partial charge on any atom is 0.343 e. The SMILES string of the molecule is CCOC(=O)C1OC(c2cccnc2)CC1=O. The zero-order chi connectivity index (χ0) is 12.3. The van der Waals surface area contributed by atoms with Crippen molar-refractivity contribution in [2.24, 2.45) is 0 Å². The second-order valence-corrected chi connectivity index (χ2v) is 3.71. The number of carbonyl (C=O) groups is 2. The van der Waals surface area contributed by atoms with Gasteiger partial charge in [0.25, 0.3) is 0 Å². The molecule has 5 nitrogen and oxygen atoms in total. The molecule has 0 aromatic carbocycles. The van der Waals surface area contributed by atoms with Crippen LogP contribution < -0.4 is 0 Å². The number of hydrogen-bond donors (Lipinski definition) is 0. The maximum absolute atomic E-state index is 11.6. The largest absolute Gasteiger partial charge is 0.464 e. The van der Waals surface area contributed by atoms with E-state index in [1.165, 1.54) is 0 Å². The fourth-order valence-corrected chi connectivity index (χ4v) is 1.75. The lowest BCUT2D eigenvalue weighted by Gasteiger charge is -2.11. The summed E-state index contributed by atoms with van der Waals surface area (Å²) in [5.41, 5.74) is 0.799. The van der Waals surface area contributed by atoms with Crippen molar-refractivity contribution in [3.05, 3.63) is 30.1 Å². The zero-order valence-corrected chi connectivity index (χ0v) is 9.46. The fraction of sp³-hybridized carbons (Fsp3) is 0.417. The lowest BCUT2D eigenvalue weighted by Crippen LogP contribution is -2.28. The summed E-state index contributed by atoms with van der Waals surface area (Å²) in [6.07, 6.45) is 1.98. The normalized spacial score (nSPS) is 23.7. The van der Waals surface area contributed by atoms with E-state index in [1.54, 1.807) is 25.4 Å². The first kappa shape index (κ1) is 11.7. The van der Waals surface area contributed by atoms with E-state index in [0.717, 1.165) is 5.56 Å². The molecule has 0 amide bonds. The third-order valence-electron chi connectivity index (χ3n) is 2.54. The number of rotatable bonds is 3. The van der Waals surface area contributed by atoms with E-state index in [2.05, 4.69) is 4.98 Å². The molecule has 0 bridgehead atoms. The Kier molecular flexibility index (Phi) is 3.49. The number of ether oxygens (including phenoxy) is 2. The standard InChI is InChI=1S/C12H13NO4/c1-2-16-12(15)11-9(14)6-10(17-11)8-4-3-5-13-7-8/h3-5,7,10-11H,2,6H2,1H3. The molecule has 2 unspecified atom stereocenters. The molecule has 2 heterocycles. The Morgan fingerprint density at radius 1 is 1.65 bits per heavy atom. The number of nitrogens with zero attached hydrogens (tertiary/aromatic N) is 1. The quantitative estimate of drug-likeness (QED) is 0.578. The van der Waals surface area contributed by atoms with Gasteiger partial charge in [-0.15, -0.1) is 0 Å². The van der Waals surface area contributed by atoms with Gasteiger partial charge in [-0.05, 0) is 18.6 Å². The zero-order valence-electron chi connectivity index (χ0n) is 9.46. The summed E-state index contributed by atoms with van der Waals surface area (Å²) in [6, 6.07) is 3.58. The van der Waals surface area contributed by atoms with Crippen molar-refractivity contribution in [3.63, 3.8) is 0 Å². The summed E-state index contributed by atoms with van der Waals surface area (Å²) < 4.78 is 10.2. The minimum Gasteiger partial charge on any atom is -0.464 e. The van der Waals surface area contributed by atoms with Gasteiger partial charge in [0.15, 0.2) is 5.78 Å². The van der Waals surface area contributed by atoms with E-state index in [1.807, 2.05) is 6.07 Å². The highest BCUT2D eigenvalue weighted by atomic mass is 16.6. The number of aromatic nitrogens is 1. The first-order valence-electron chi connectivity index (χ1n) is 5.47. The molecule has 5 heteroatoms. The van der Waals surface area contributed by atoms with E-state index in [-0.39, 0.29) is 18.8 Å². The molecule has 0 aliphatic carbocycles. The molecule has 2 rings (SSSR count). The molecule has 1 aliphatic heterocycles. The van der Waals surface area contributed by atoms with Gasteiger partial charge in [-0.25, -0.2) is 4.79 Å². The Bertz CT molecular complexity index is 418. The molecule has 1 aromatic heterocycles. The Balaban J connectivity index is 2.07. The number of pyridine rings is 1. The van der Waals surface area contributed by atoms with E-state index in [0.29, 0.717) is 0 Å². The first-order chi connectivity index (χ1) is 8.22. The second kappa shape index (κ2) is 5.05. The second-order valence-electron chi connectivity index (χ2n) is 3.71. The van der Waals surface area contributed by atoms with Gasteiger partial charge in [-0.3, -0.25) is 9.78 Å². The Morgan fingerprint density at radius 2 is 2.47 bits per heavy atom. The van der Waals surface area contributed by atoms with E-state index in [4.69, 9.17) is 9.47 Å². The van der Waals surface area contributed by atoms with Gasteiger partial charge in [0.1, 0.15) is 0 Å². The molecule has 1 aliphatic rings. The number of Topliss-reactive ketones (excluding diaryl/α,β-unsaturated/α-hetero) is 1. The molecule has 0 saturated carbocycles. The number of hydrogen-bond acceptors (Lipinski definition) is 5. The summed E-state index contributed by atoms with van der Waals surface area (Å²) in [6.45, 7) is 1.93. The van der Waals surface area contributed by atoms with Crippen LogP contribution in [0.15, 0.2) is 24.5 Å². The lowest BCUT2D eigenvalue weighted by atomic mass is 10.1. The van der Waals surface area contributed by atoms with E-state index >= 15 is 0 Å². The van der Waals surface area contributed by atoms with E-state index in [9.17, 15) is 9.59 Å². The number of esters is 1. The predicted molar refractivity (Wildman–Crippen MR) is 58.1 cm³/mol. The van der Waals surface area contributed by atoms with Crippen LogP contribution in [0.1, 0.15) is 25.0 Å². The van der Waals surface area contributed by atoms with Crippen molar-refractivity contribution >= 4 is 11.8 Å². The molecule has 1 fully saturated rings. The van der Waals surface area contributed by atoms with Crippen molar-refractivity contribution in [1.29, 1.82) is 0 Å². The summed E-state index contributed by atoms with van der Waals surface area (Å²) in [5.74, 6) is -0.846.